The number of aromatic nitrogens is 2. The summed E-state index contributed by atoms with van der Waals surface area (Å²) in [6.07, 6.45) is 0. The minimum Gasteiger partial charge on any atom is -0.353 e. The summed E-state index contributed by atoms with van der Waals surface area (Å²) in [4.78, 5) is 8.07. The maximum absolute atomic E-state index is 14.3. The molecule has 0 unspecified atom stereocenters. The highest BCUT2D eigenvalue weighted by molar-refractivity contribution is 7.89. The van der Waals surface area contributed by atoms with E-state index in [4.69, 9.17) is 11.6 Å². The van der Waals surface area contributed by atoms with Crippen LogP contribution in [0.3, 0.4) is 0 Å². The van der Waals surface area contributed by atoms with Gasteiger partial charge in [-0.15, -0.1) is 0 Å². The Kier molecular flexibility index (Phi) is 5.13. The van der Waals surface area contributed by atoms with Crippen LogP contribution in [0.4, 0.5) is 4.39 Å². The van der Waals surface area contributed by atoms with Gasteiger partial charge >= 0.3 is 0 Å². The van der Waals surface area contributed by atoms with E-state index in [9.17, 15) is 12.8 Å². The Morgan fingerprint density at radius 2 is 1.83 bits per heavy atom. The molecule has 0 aliphatic rings. The van der Waals surface area contributed by atoms with Gasteiger partial charge in [-0.3, -0.25) is 0 Å². The van der Waals surface area contributed by atoms with E-state index >= 15 is 0 Å². The molecule has 0 aliphatic heterocycles. The lowest BCUT2D eigenvalue weighted by atomic mass is 10.1. The predicted octanol–water partition coefficient (Wildman–Crippen LogP) is 5.25. The van der Waals surface area contributed by atoms with Crippen molar-refractivity contribution in [1.82, 2.24) is 14.3 Å². The minimum absolute atomic E-state index is 0.230. The van der Waals surface area contributed by atoms with Gasteiger partial charge in [0.25, 0.3) is 0 Å². The van der Waals surface area contributed by atoms with E-state index in [1.807, 2.05) is 19.1 Å². The van der Waals surface area contributed by atoms with Crippen molar-refractivity contribution in [1.29, 1.82) is 0 Å². The van der Waals surface area contributed by atoms with Crippen molar-refractivity contribution in [2.75, 3.05) is 14.1 Å². The van der Waals surface area contributed by atoms with Gasteiger partial charge in [-0.05, 0) is 55.0 Å². The third kappa shape index (κ3) is 3.49. The molecule has 30 heavy (non-hydrogen) atoms. The molecule has 2 aromatic heterocycles. The Balaban J connectivity index is 1.78. The first kappa shape index (κ1) is 20.5. The zero-order chi connectivity index (χ0) is 21.6. The Morgan fingerprint density at radius 1 is 1.07 bits per heavy atom. The fourth-order valence-electron chi connectivity index (χ4n) is 3.34. The van der Waals surface area contributed by atoms with Crippen LogP contribution in [0.5, 0.6) is 0 Å². The molecule has 0 atom stereocenters. The molecule has 4 rings (SSSR count). The third-order valence-corrected chi connectivity index (χ3v) is 7.09. The van der Waals surface area contributed by atoms with Gasteiger partial charge in [0.1, 0.15) is 5.82 Å². The number of H-pyrrole nitrogens is 1. The summed E-state index contributed by atoms with van der Waals surface area (Å²) in [6.45, 7) is 1.84. The zero-order valence-corrected chi connectivity index (χ0v) is 18.1. The van der Waals surface area contributed by atoms with Crippen LogP contribution in [0.1, 0.15) is 5.56 Å². The molecule has 0 saturated carbocycles. The number of aromatic amines is 1. The lowest BCUT2D eigenvalue weighted by molar-refractivity contribution is 0.520. The molecule has 0 spiro atoms. The van der Waals surface area contributed by atoms with E-state index < -0.39 is 15.8 Å². The molecule has 0 aliphatic carbocycles. The number of hydrogen-bond donors (Lipinski definition) is 1. The summed E-state index contributed by atoms with van der Waals surface area (Å²) in [7, 11) is -0.510. The first-order valence-electron chi connectivity index (χ1n) is 9.16. The van der Waals surface area contributed by atoms with Crippen LogP contribution in [-0.2, 0) is 10.0 Å². The maximum atomic E-state index is 14.3. The van der Waals surface area contributed by atoms with Gasteiger partial charge in [0, 0.05) is 19.7 Å². The van der Waals surface area contributed by atoms with Gasteiger partial charge in [0.2, 0.25) is 10.0 Å². The van der Waals surface area contributed by atoms with Crippen LogP contribution in [-0.4, -0.2) is 36.8 Å². The van der Waals surface area contributed by atoms with Crippen LogP contribution in [0.15, 0.2) is 59.5 Å². The summed E-state index contributed by atoms with van der Waals surface area (Å²) in [5.74, 6) is -0.414. The lowest BCUT2D eigenvalue weighted by Gasteiger charge is -2.13. The van der Waals surface area contributed by atoms with E-state index in [-0.39, 0.29) is 4.90 Å². The van der Waals surface area contributed by atoms with Gasteiger partial charge in [-0.2, -0.15) is 0 Å². The van der Waals surface area contributed by atoms with E-state index in [2.05, 4.69) is 9.97 Å². The standard InChI is InChI=1S/C22H19ClFN3O2S/c1-13-11-14(30(28,29)27(2)3)7-8-15(13)18-9-10-19-20(25-18)12-21(26-19)22-16(23)5-4-6-17(22)24/h4-12,26H,1-3H3. The number of nitrogens with zero attached hydrogens (tertiary/aromatic N) is 2. The van der Waals surface area contributed by atoms with Crippen LogP contribution in [0.2, 0.25) is 5.02 Å². The number of fused-ring (bicyclic) bond motifs is 1. The lowest BCUT2D eigenvalue weighted by Crippen LogP contribution is -2.22. The Hall–Kier alpha value is -2.74. The van der Waals surface area contributed by atoms with Gasteiger partial charge in [-0.1, -0.05) is 23.7 Å². The quantitative estimate of drug-likeness (QED) is 0.468. The van der Waals surface area contributed by atoms with Crippen molar-refractivity contribution in [3.8, 4) is 22.5 Å². The first-order valence-corrected chi connectivity index (χ1v) is 11.0. The van der Waals surface area contributed by atoms with Crippen molar-refractivity contribution in [3.63, 3.8) is 0 Å². The van der Waals surface area contributed by atoms with Crippen molar-refractivity contribution < 1.29 is 12.8 Å². The van der Waals surface area contributed by atoms with Crippen LogP contribution < -0.4 is 0 Å². The summed E-state index contributed by atoms with van der Waals surface area (Å²) >= 11 is 6.18. The molecule has 0 radical (unpaired) electrons. The molecule has 2 heterocycles. The van der Waals surface area contributed by atoms with Crippen molar-refractivity contribution >= 4 is 32.7 Å². The zero-order valence-electron chi connectivity index (χ0n) is 16.6. The fourth-order valence-corrected chi connectivity index (χ4v) is 4.60. The molecule has 0 saturated heterocycles. The molecule has 4 aromatic rings. The van der Waals surface area contributed by atoms with Gasteiger partial charge in [0.05, 0.1) is 37.9 Å². The average Bonchev–Trinajstić information content (AvgIpc) is 3.10. The van der Waals surface area contributed by atoms with Crippen LogP contribution in [0.25, 0.3) is 33.5 Å². The van der Waals surface area contributed by atoms with Gasteiger partial charge < -0.3 is 4.98 Å². The molecule has 1 N–H and O–H groups in total. The number of rotatable bonds is 4. The molecule has 5 nitrogen and oxygen atoms in total. The monoisotopic (exact) mass is 443 g/mol. The highest BCUT2D eigenvalue weighted by Crippen LogP contribution is 2.33. The van der Waals surface area contributed by atoms with E-state index in [1.54, 1.807) is 36.4 Å². The van der Waals surface area contributed by atoms with E-state index in [0.29, 0.717) is 27.5 Å². The highest BCUT2D eigenvalue weighted by Gasteiger charge is 2.19. The summed E-state index contributed by atoms with van der Waals surface area (Å²) in [6, 6.07) is 15.0. The summed E-state index contributed by atoms with van der Waals surface area (Å²) in [5, 5.41) is 0.315. The van der Waals surface area contributed by atoms with Crippen molar-refractivity contribution in [3.05, 3.63) is 71.0 Å². The second-order valence-corrected chi connectivity index (χ2v) is 9.73. The normalized spacial score (nSPS) is 12.1. The largest absolute Gasteiger partial charge is 0.353 e. The van der Waals surface area contributed by atoms with E-state index in [0.717, 1.165) is 16.6 Å². The van der Waals surface area contributed by atoms with E-state index in [1.165, 1.54) is 24.5 Å². The molecular formula is C22H19ClFN3O2S. The highest BCUT2D eigenvalue weighted by atomic mass is 35.5. The number of nitrogens with one attached hydrogen (secondary N) is 1. The number of pyridine rings is 1. The number of aryl methyl sites for hydroxylation is 1. The first-order chi connectivity index (χ1) is 14.2. The number of sulfonamides is 1. The minimum atomic E-state index is -3.51. The van der Waals surface area contributed by atoms with Crippen LogP contribution >= 0.6 is 11.6 Å². The molecule has 154 valence electrons. The smallest absolute Gasteiger partial charge is 0.242 e. The molecule has 0 fully saturated rings. The SMILES string of the molecule is Cc1cc(S(=O)(=O)N(C)C)ccc1-c1ccc2[nH]c(-c3c(F)cccc3Cl)cc2n1. The topological polar surface area (TPSA) is 66.1 Å². The molecule has 2 aromatic carbocycles. The van der Waals surface area contributed by atoms with Gasteiger partial charge in [0.15, 0.2) is 0 Å². The predicted molar refractivity (Wildman–Crippen MR) is 118 cm³/mol. The maximum Gasteiger partial charge on any atom is 0.242 e. The second kappa shape index (κ2) is 7.50. The molecule has 0 amide bonds. The van der Waals surface area contributed by atoms with Crippen molar-refractivity contribution in [2.45, 2.75) is 11.8 Å². The molecular weight excluding hydrogens is 425 g/mol. The van der Waals surface area contributed by atoms with Gasteiger partial charge in [-0.25, -0.2) is 22.1 Å². The molecule has 8 heteroatoms. The Bertz CT molecular complexity index is 1360. The molecule has 0 bridgehead atoms. The number of benzene rings is 2. The second-order valence-electron chi connectivity index (χ2n) is 7.17. The number of hydrogen-bond acceptors (Lipinski definition) is 3. The average molecular weight is 444 g/mol. The summed E-state index contributed by atoms with van der Waals surface area (Å²) < 4.78 is 40.2. The fraction of sp³-hybridized carbons (Fsp3) is 0.136. The Morgan fingerprint density at radius 3 is 2.50 bits per heavy atom. The van der Waals surface area contributed by atoms with Crippen molar-refractivity contribution in [2.24, 2.45) is 0 Å². The van der Waals surface area contributed by atoms with Crippen LogP contribution in [0, 0.1) is 12.7 Å². The summed E-state index contributed by atoms with van der Waals surface area (Å²) in [5.41, 5.74) is 4.55. The number of halogens is 2. The third-order valence-electron chi connectivity index (χ3n) is 4.96. The Labute approximate surface area is 179 Å².